The maximum atomic E-state index is 11.5. The van der Waals surface area contributed by atoms with Gasteiger partial charge in [-0.05, 0) is 123 Å². The largest absolute Gasteiger partial charge is 0.393 e. The monoisotopic (exact) mass is 472 g/mol. The summed E-state index contributed by atoms with van der Waals surface area (Å²) in [4.78, 5) is 0. The van der Waals surface area contributed by atoms with Crippen molar-refractivity contribution in [3.8, 4) is 0 Å². The van der Waals surface area contributed by atoms with E-state index in [1.54, 1.807) is 0 Å². The van der Waals surface area contributed by atoms with Gasteiger partial charge in [-0.3, -0.25) is 0 Å². The van der Waals surface area contributed by atoms with Crippen LogP contribution < -0.4 is 0 Å². The van der Waals surface area contributed by atoms with Crippen LogP contribution in [0.5, 0.6) is 0 Å². The van der Waals surface area contributed by atoms with Gasteiger partial charge >= 0.3 is 0 Å². The average Bonchev–Trinajstić information content (AvgIpc) is 3.10. The molecular weight excluding hydrogens is 420 g/mol. The standard InChI is InChI=1S/C31H52O3/c1-17(2)18(3)26-27(34-28(5,6)33-26)19(4)22-9-10-23-21-15-25(32)31-16-20(31)11-14-30(31,8)24(21)12-13-29(22,23)7/h17-27,32H,9-16H2,1-8H3/t18-,19-,20-,21-,22+,23-,24-,25-,26+,27+,29+,30+,31-/m0/s1. The SMILES string of the molecule is CC(C)[C@H](C)[C@H]1OC(C)(C)O[C@@H]1[C@@H](C)[C@H]1CC[C@H]2[C@@H]3C[C@H](O)[C@]45C[C@@H]4CC[C@]5(C)[C@H]3CC[C@]12C. The molecule has 3 heteroatoms. The van der Waals surface area contributed by atoms with Gasteiger partial charge in [-0.2, -0.15) is 0 Å². The molecule has 34 heavy (non-hydrogen) atoms. The number of hydrogen-bond donors (Lipinski definition) is 1. The molecule has 1 aliphatic heterocycles. The summed E-state index contributed by atoms with van der Waals surface area (Å²) in [6.07, 6.45) is 10.9. The second-order valence-corrected chi connectivity index (χ2v) is 15.3. The van der Waals surface area contributed by atoms with Gasteiger partial charge in [0.1, 0.15) is 0 Å². The molecule has 13 atom stereocenters. The van der Waals surface area contributed by atoms with E-state index in [1.807, 2.05) is 0 Å². The van der Waals surface area contributed by atoms with Crippen LogP contribution in [0.15, 0.2) is 0 Å². The number of ether oxygens (including phenoxy) is 2. The molecule has 1 saturated heterocycles. The summed E-state index contributed by atoms with van der Waals surface area (Å²) in [5.74, 6) is 4.98. The summed E-state index contributed by atoms with van der Waals surface area (Å²) >= 11 is 0. The van der Waals surface area contributed by atoms with E-state index >= 15 is 0 Å². The first-order valence-corrected chi connectivity index (χ1v) is 14.9. The summed E-state index contributed by atoms with van der Waals surface area (Å²) in [5.41, 5.74) is 1.08. The van der Waals surface area contributed by atoms with Crippen LogP contribution in [0.3, 0.4) is 0 Å². The van der Waals surface area contributed by atoms with E-state index in [4.69, 9.17) is 9.47 Å². The van der Waals surface area contributed by atoms with E-state index < -0.39 is 5.79 Å². The maximum absolute atomic E-state index is 11.5. The second kappa shape index (κ2) is 7.47. The van der Waals surface area contributed by atoms with Crippen molar-refractivity contribution >= 4 is 0 Å². The van der Waals surface area contributed by atoms with Crippen molar-refractivity contribution in [2.24, 2.45) is 63.6 Å². The Morgan fingerprint density at radius 2 is 1.53 bits per heavy atom. The van der Waals surface area contributed by atoms with Gasteiger partial charge in [-0.25, -0.2) is 0 Å². The molecule has 1 spiro atoms. The van der Waals surface area contributed by atoms with Crippen LogP contribution in [0.4, 0.5) is 0 Å². The minimum absolute atomic E-state index is 0.0475. The Hall–Kier alpha value is -0.120. The predicted octanol–water partition coefficient (Wildman–Crippen LogP) is 7.06. The van der Waals surface area contributed by atoms with Crippen LogP contribution in [0.1, 0.15) is 107 Å². The van der Waals surface area contributed by atoms with E-state index in [0.29, 0.717) is 39.9 Å². The average molecular weight is 473 g/mol. The van der Waals surface area contributed by atoms with Gasteiger partial charge in [0.25, 0.3) is 0 Å². The van der Waals surface area contributed by atoms with Crippen molar-refractivity contribution in [2.45, 2.75) is 131 Å². The van der Waals surface area contributed by atoms with Gasteiger partial charge in [0, 0.05) is 5.41 Å². The summed E-state index contributed by atoms with van der Waals surface area (Å²) < 4.78 is 13.2. The smallest absolute Gasteiger partial charge is 0.163 e. The molecule has 6 aliphatic rings. The third-order valence-corrected chi connectivity index (χ3v) is 13.5. The van der Waals surface area contributed by atoms with E-state index in [2.05, 4.69) is 55.4 Å². The highest BCUT2D eigenvalue weighted by atomic mass is 16.8. The lowest BCUT2D eigenvalue weighted by molar-refractivity contribution is -0.164. The third-order valence-electron chi connectivity index (χ3n) is 13.5. The van der Waals surface area contributed by atoms with Crippen LogP contribution in [-0.2, 0) is 9.47 Å². The number of aliphatic hydroxyl groups is 1. The minimum atomic E-state index is -0.483. The Bertz CT molecular complexity index is 821. The molecule has 5 saturated carbocycles. The van der Waals surface area contributed by atoms with Crippen molar-refractivity contribution in [2.75, 3.05) is 0 Å². The Labute approximate surface area is 209 Å². The molecule has 0 aromatic carbocycles. The van der Waals surface area contributed by atoms with Crippen molar-refractivity contribution in [3.05, 3.63) is 0 Å². The van der Waals surface area contributed by atoms with Crippen molar-refractivity contribution < 1.29 is 14.6 Å². The van der Waals surface area contributed by atoms with E-state index in [1.165, 1.54) is 44.9 Å². The highest BCUT2D eigenvalue weighted by Crippen LogP contribution is 2.81. The van der Waals surface area contributed by atoms with Gasteiger partial charge in [0.05, 0.1) is 18.3 Å². The van der Waals surface area contributed by atoms with Crippen molar-refractivity contribution in [1.82, 2.24) is 0 Å². The molecule has 0 bridgehead atoms. The summed E-state index contributed by atoms with van der Waals surface area (Å²) in [6.45, 7) is 18.9. The van der Waals surface area contributed by atoms with Gasteiger partial charge in [0.15, 0.2) is 5.79 Å². The Morgan fingerprint density at radius 1 is 0.824 bits per heavy atom. The minimum Gasteiger partial charge on any atom is -0.393 e. The van der Waals surface area contributed by atoms with Crippen LogP contribution in [0.2, 0.25) is 0 Å². The van der Waals surface area contributed by atoms with Gasteiger partial charge in [0.2, 0.25) is 0 Å². The zero-order valence-corrected chi connectivity index (χ0v) is 23.3. The number of rotatable bonds is 4. The number of fused-ring (bicyclic) bond motifs is 4. The lowest BCUT2D eigenvalue weighted by Gasteiger charge is -2.60. The van der Waals surface area contributed by atoms with Crippen LogP contribution >= 0.6 is 0 Å². The van der Waals surface area contributed by atoms with E-state index in [-0.39, 0.29) is 18.3 Å². The quantitative estimate of drug-likeness (QED) is 0.476. The van der Waals surface area contributed by atoms with Gasteiger partial charge < -0.3 is 14.6 Å². The number of hydrogen-bond acceptors (Lipinski definition) is 3. The fourth-order valence-electron chi connectivity index (χ4n) is 11.5. The highest BCUT2D eigenvalue weighted by Gasteiger charge is 2.77. The molecule has 1 heterocycles. The second-order valence-electron chi connectivity index (χ2n) is 15.3. The molecule has 194 valence electrons. The molecular formula is C31H52O3. The first-order chi connectivity index (χ1) is 15.9. The normalized spacial score (nSPS) is 57.0. The summed E-state index contributed by atoms with van der Waals surface area (Å²) in [5, 5.41) is 11.5. The Balaban J connectivity index is 1.26. The molecule has 0 aromatic rings. The molecule has 0 unspecified atom stereocenters. The summed E-state index contributed by atoms with van der Waals surface area (Å²) in [6, 6.07) is 0. The highest BCUT2D eigenvalue weighted by molar-refractivity contribution is 5.25. The maximum Gasteiger partial charge on any atom is 0.163 e. The lowest BCUT2D eigenvalue weighted by atomic mass is 9.45. The molecule has 0 radical (unpaired) electrons. The molecule has 6 rings (SSSR count). The zero-order valence-electron chi connectivity index (χ0n) is 23.3. The summed E-state index contributed by atoms with van der Waals surface area (Å²) in [7, 11) is 0. The predicted molar refractivity (Wildman–Crippen MR) is 136 cm³/mol. The van der Waals surface area contributed by atoms with Crippen LogP contribution in [-0.4, -0.2) is 29.2 Å². The lowest BCUT2D eigenvalue weighted by Crippen LogP contribution is -2.57. The van der Waals surface area contributed by atoms with Crippen molar-refractivity contribution in [3.63, 3.8) is 0 Å². The zero-order chi connectivity index (χ0) is 24.4. The first kappa shape index (κ1) is 24.2. The van der Waals surface area contributed by atoms with Crippen LogP contribution in [0, 0.1) is 63.6 Å². The van der Waals surface area contributed by atoms with Crippen molar-refractivity contribution in [1.29, 1.82) is 0 Å². The molecule has 3 nitrogen and oxygen atoms in total. The Morgan fingerprint density at radius 3 is 2.21 bits per heavy atom. The van der Waals surface area contributed by atoms with Crippen LogP contribution in [0.25, 0.3) is 0 Å². The molecule has 6 fully saturated rings. The number of aliphatic hydroxyl groups excluding tert-OH is 1. The molecule has 0 aromatic heterocycles. The van der Waals surface area contributed by atoms with Gasteiger partial charge in [-0.1, -0.05) is 41.5 Å². The topological polar surface area (TPSA) is 38.7 Å². The fraction of sp³-hybridized carbons (Fsp3) is 1.00. The van der Waals surface area contributed by atoms with Gasteiger partial charge in [-0.15, -0.1) is 0 Å². The molecule has 5 aliphatic carbocycles. The molecule has 1 N–H and O–H groups in total. The van der Waals surface area contributed by atoms with E-state index in [9.17, 15) is 5.11 Å². The molecule has 0 amide bonds. The third kappa shape index (κ3) is 2.99. The fourth-order valence-corrected chi connectivity index (χ4v) is 11.5. The Kier molecular flexibility index (Phi) is 5.32. The van der Waals surface area contributed by atoms with E-state index in [0.717, 1.165) is 30.1 Å². The first-order valence-electron chi connectivity index (χ1n) is 14.9.